The summed E-state index contributed by atoms with van der Waals surface area (Å²) in [5.74, 6) is 0. The maximum Gasteiger partial charge on any atom is 0.0541 e. The third-order valence-corrected chi connectivity index (χ3v) is 12.5. The van der Waals surface area contributed by atoms with Crippen molar-refractivity contribution in [3.8, 4) is 44.8 Å². The molecule has 0 atom stereocenters. The van der Waals surface area contributed by atoms with Crippen LogP contribution in [0.5, 0.6) is 0 Å². The molecule has 0 radical (unpaired) electrons. The number of fused-ring (bicyclic) bond motifs is 6. The summed E-state index contributed by atoms with van der Waals surface area (Å²) >= 11 is 0. The number of nitrogens with zero attached hydrogens (tertiary/aromatic N) is 3. The summed E-state index contributed by atoms with van der Waals surface area (Å²) in [6.45, 7) is 0. The molecule has 63 heavy (non-hydrogen) atoms. The van der Waals surface area contributed by atoms with Crippen molar-refractivity contribution in [1.82, 2.24) is 9.13 Å². The van der Waals surface area contributed by atoms with Crippen LogP contribution in [0, 0.1) is 0 Å². The molecule has 0 aliphatic heterocycles. The van der Waals surface area contributed by atoms with Gasteiger partial charge in [-0.05, 0) is 137 Å². The fourth-order valence-corrected chi connectivity index (χ4v) is 9.63. The standard InChI is InChI=1S/C60H41N3/c1-5-19-47(20-6-1)61(48-21-7-2-8-22-48)56-30-16-13-27-51(56)46-38-44(42-33-35-59-54(40-42)52-28-14-17-31-57(52)62(59)49-23-9-3-10-24-49)37-45(39-46)43-34-36-60-55(41-43)53-29-15-18-32-58(53)63(60)50-25-11-4-12-26-50/h1-41H. The zero-order valence-corrected chi connectivity index (χ0v) is 34.5. The second-order valence-electron chi connectivity index (χ2n) is 16.2. The smallest absolute Gasteiger partial charge is 0.0541 e. The average molecular weight is 804 g/mol. The van der Waals surface area contributed by atoms with Gasteiger partial charge in [0, 0.05) is 49.9 Å². The fraction of sp³-hybridized carbons (Fsp3) is 0. The fourth-order valence-electron chi connectivity index (χ4n) is 9.63. The van der Waals surface area contributed by atoms with Gasteiger partial charge in [-0.2, -0.15) is 0 Å². The van der Waals surface area contributed by atoms with Gasteiger partial charge in [0.15, 0.2) is 0 Å². The van der Waals surface area contributed by atoms with Crippen LogP contribution in [0.4, 0.5) is 17.1 Å². The molecule has 2 heterocycles. The number of benzene rings is 10. The van der Waals surface area contributed by atoms with E-state index in [-0.39, 0.29) is 0 Å². The quantitative estimate of drug-likeness (QED) is 0.149. The van der Waals surface area contributed by atoms with Crippen LogP contribution in [0.2, 0.25) is 0 Å². The van der Waals surface area contributed by atoms with Gasteiger partial charge in [0.1, 0.15) is 0 Å². The molecular weight excluding hydrogens is 763 g/mol. The molecule has 296 valence electrons. The van der Waals surface area contributed by atoms with Crippen molar-refractivity contribution in [2.45, 2.75) is 0 Å². The number of anilines is 3. The number of aromatic nitrogens is 2. The molecule has 3 nitrogen and oxygen atoms in total. The molecule has 2 aromatic heterocycles. The summed E-state index contributed by atoms with van der Waals surface area (Å²) in [5.41, 5.74) is 17.4. The minimum Gasteiger partial charge on any atom is -0.310 e. The Morgan fingerprint density at radius 2 is 0.635 bits per heavy atom. The van der Waals surface area contributed by atoms with Crippen molar-refractivity contribution in [3.05, 3.63) is 249 Å². The molecule has 0 fully saturated rings. The third-order valence-electron chi connectivity index (χ3n) is 12.5. The maximum absolute atomic E-state index is 2.39. The number of para-hydroxylation sites is 7. The van der Waals surface area contributed by atoms with E-state index >= 15 is 0 Å². The summed E-state index contributed by atoms with van der Waals surface area (Å²) in [6.07, 6.45) is 0. The van der Waals surface area contributed by atoms with E-state index in [0.717, 1.165) is 50.7 Å². The molecule has 12 aromatic rings. The Hall–Kier alpha value is -8.40. The second kappa shape index (κ2) is 15.3. The summed E-state index contributed by atoms with van der Waals surface area (Å²) in [4.78, 5) is 2.37. The van der Waals surface area contributed by atoms with Crippen LogP contribution in [0.1, 0.15) is 0 Å². The van der Waals surface area contributed by atoms with Gasteiger partial charge in [0.2, 0.25) is 0 Å². The van der Waals surface area contributed by atoms with Crippen LogP contribution in [0.25, 0.3) is 88.4 Å². The molecule has 0 bridgehead atoms. The van der Waals surface area contributed by atoms with Crippen molar-refractivity contribution in [2.75, 3.05) is 4.90 Å². The van der Waals surface area contributed by atoms with Gasteiger partial charge in [-0.15, -0.1) is 0 Å². The highest BCUT2D eigenvalue weighted by Gasteiger charge is 2.20. The first-order chi connectivity index (χ1) is 31.3. The lowest BCUT2D eigenvalue weighted by atomic mass is 9.91. The highest BCUT2D eigenvalue weighted by atomic mass is 15.1. The van der Waals surface area contributed by atoms with E-state index < -0.39 is 0 Å². The van der Waals surface area contributed by atoms with Gasteiger partial charge in [-0.3, -0.25) is 0 Å². The van der Waals surface area contributed by atoms with Crippen molar-refractivity contribution < 1.29 is 0 Å². The highest BCUT2D eigenvalue weighted by Crippen LogP contribution is 2.44. The van der Waals surface area contributed by atoms with Gasteiger partial charge < -0.3 is 14.0 Å². The molecule has 0 unspecified atom stereocenters. The summed E-state index contributed by atoms with van der Waals surface area (Å²) in [5, 5.41) is 4.94. The second-order valence-corrected chi connectivity index (χ2v) is 16.2. The zero-order valence-electron chi connectivity index (χ0n) is 34.5. The van der Waals surface area contributed by atoms with Crippen molar-refractivity contribution >= 4 is 60.7 Å². The average Bonchev–Trinajstić information content (AvgIpc) is 3.87. The first-order valence-electron chi connectivity index (χ1n) is 21.6. The van der Waals surface area contributed by atoms with E-state index in [2.05, 4.69) is 263 Å². The molecule has 12 rings (SSSR count). The van der Waals surface area contributed by atoms with E-state index in [1.54, 1.807) is 0 Å². The van der Waals surface area contributed by atoms with Crippen LogP contribution < -0.4 is 4.90 Å². The SMILES string of the molecule is c1ccc(N(c2ccccc2)c2ccccc2-c2cc(-c3ccc4c(c3)c3ccccc3n4-c3ccccc3)cc(-c3ccc4c(c3)c3ccccc3n4-c3ccccc3)c2)cc1. The van der Waals surface area contributed by atoms with Crippen LogP contribution in [0.3, 0.4) is 0 Å². The molecule has 0 aliphatic carbocycles. The van der Waals surface area contributed by atoms with Crippen molar-refractivity contribution in [2.24, 2.45) is 0 Å². The lowest BCUT2D eigenvalue weighted by molar-refractivity contribution is 1.18. The van der Waals surface area contributed by atoms with Gasteiger partial charge in [0.05, 0.1) is 27.8 Å². The topological polar surface area (TPSA) is 13.1 Å². The molecule has 0 N–H and O–H groups in total. The summed E-state index contributed by atoms with van der Waals surface area (Å²) in [6, 6.07) is 90.2. The molecule has 0 spiro atoms. The van der Waals surface area contributed by atoms with Crippen molar-refractivity contribution in [1.29, 1.82) is 0 Å². The lowest BCUT2D eigenvalue weighted by Gasteiger charge is -2.28. The maximum atomic E-state index is 2.39. The van der Waals surface area contributed by atoms with Crippen LogP contribution >= 0.6 is 0 Å². The first kappa shape index (κ1) is 36.5. The Morgan fingerprint density at radius 1 is 0.254 bits per heavy atom. The molecule has 0 aliphatic rings. The van der Waals surface area contributed by atoms with Crippen LogP contribution in [-0.4, -0.2) is 9.13 Å². The molecule has 0 saturated heterocycles. The van der Waals surface area contributed by atoms with Crippen LogP contribution in [0.15, 0.2) is 249 Å². The lowest BCUT2D eigenvalue weighted by Crippen LogP contribution is -2.10. The van der Waals surface area contributed by atoms with Gasteiger partial charge in [0.25, 0.3) is 0 Å². The predicted octanol–water partition coefficient (Wildman–Crippen LogP) is 16.4. The van der Waals surface area contributed by atoms with Gasteiger partial charge >= 0.3 is 0 Å². The van der Waals surface area contributed by atoms with E-state index in [1.807, 2.05) is 0 Å². The predicted molar refractivity (Wildman–Crippen MR) is 266 cm³/mol. The Labute approximate surface area is 366 Å². The van der Waals surface area contributed by atoms with Crippen molar-refractivity contribution in [3.63, 3.8) is 0 Å². The normalized spacial score (nSPS) is 11.5. The Balaban J connectivity index is 1.10. The molecule has 10 aromatic carbocycles. The van der Waals surface area contributed by atoms with Crippen LogP contribution in [-0.2, 0) is 0 Å². The Bertz CT molecular complexity index is 3390. The molecule has 0 amide bonds. The largest absolute Gasteiger partial charge is 0.310 e. The third kappa shape index (κ3) is 6.29. The minimum atomic E-state index is 1.10. The van der Waals surface area contributed by atoms with E-state index in [9.17, 15) is 0 Å². The Morgan fingerprint density at radius 3 is 1.13 bits per heavy atom. The van der Waals surface area contributed by atoms with E-state index in [0.29, 0.717) is 0 Å². The summed E-state index contributed by atoms with van der Waals surface area (Å²) < 4.78 is 4.77. The first-order valence-corrected chi connectivity index (χ1v) is 21.6. The number of hydrogen-bond acceptors (Lipinski definition) is 1. The van der Waals surface area contributed by atoms with Gasteiger partial charge in [-0.1, -0.05) is 140 Å². The minimum absolute atomic E-state index is 1.10. The zero-order chi connectivity index (χ0) is 41.7. The highest BCUT2D eigenvalue weighted by molar-refractivity contribution is 6.12. The number of hydrogen-bond donors (Lipinski definition) is 0. The van der Waals surface area contributed by atoms with E-state index in [1.165, 1.54) is 54.7 Å². The Kier molecular flexibility index (Phi) is 8.83. The summed E-state index contributed by atoms with van der Waals surface area (Å²) in [7, 11) is 0. The molecular formula is C60H41N3. The van der Waals surface area contributed by atoms with Gasteiger partial charge in [-0.25, -0.2) is 0 Å². The molecule has 3 heteroatoms. The monoisotopic (exact) mass is 803 g/mol. The van der Waals surface area contributed by atoms with E-state index in [4.69, 9.17) is 0 Å². The number of rotatable bonds is 8. The molecule has 0 saturated carbocycles.